The molecule has 0 saturated carbocycles. The van der Waals surface area contributed by atoms with Crippen LogP contribution in [0.4, 0.5) is 15.8 Å². The van der Waals surface area contributed by atoms with Crippen LogP contribution in [-0.4, -0.2) is 31.1 Å². The average molecular weight is 384 g/mol. The molecule has 0 aromatic heterocycles. The summed E-state index contributed by atoms with van der Waals surface area (Å²) in [5.74, 6) is -2.78. The molecule has 2 amide bonds. The van der Waals surface area contributed by atoms with Gasteiger partial charge in [-0.1, -0.05) is 24.3 Å². The van der Waals surface area contributed by atoms with Crippen LogP contribution < -0.4 is 15.6 Å². The molecular formula is C21H25FN4O2. The first-order chi connectivity index (χ1) is 13.5. The highest BCUT2D eigenvalue weighted by Crippen LogP contribution is 2.15. The molecule has 0 bridgehead atoms. The van der Waals surface area contributed by atoms with E-state index in [0.717, 1.165) is 24.3 Å². The number of amides is 2. The van der Waals surface area contributed by atoms with E-state index in [2.05, 4.69) is 34.6 Å². The van der Waals surface area contributed by atoms with Gasteiger partial charge in [0.25, 0.3) is 5.91 Å². The third-order valence-electron chi connectivity index (χ3n) is 4.33. The number of para-hydroxylation sites is 1. The normalized spacial score (nSPS) is 11.9. The lowest BCUT2D eigenvalue weighted by Gasteiger charge is -2.20. The molecule has 0 aliphatic rings. The van der Waals surface area contributed by atoms with Crippen LogP contribution in [0.1, 0.15) is 26.3 Å². The summed E-state index contributed by atoms with van der Waals surface area (Å²) in [6.07, 6.45) is 1.51. The van der Waals surface area contributed by atoms with Crippen LogP contribution in [0, 0.1) is 11.7 Å². The van der Waals surface area contributed by atoms with Crippen molar-refractivity contribution in [3.05, 3.63) is 59.9 Å². The van der Waals surface area contributed by atoms with Crippen molar-refractivity contribution in [1.29, 1.82) is 0 Å². The van der Waals surface area contributed by atoms with Crippen molar-refractivity contribution in [1.82, 2.24) is 5.43 Å². The molecule has 2 N–H and O–H groups in total. The molecule has 0 aliphatic heterocycles. The molecule has 148 valence electrons. The molecule has 2 aromatic rings. The molecule has 7 heteroatoms. The van der Waals surface area contributed by atoms with Gasteiger partial charge < -0.3 is 10.2 Å². The summed E-state index contributed by atoms with van der Waals surface area (Å²) in [7, 11) is 0. The minimum Gasteiger partial charge on any atom is -0.372 e. The second-order valence-electron chi connectivity index (χ2n) is 6.19. The van der Waals surface area contributed by atoms with Crippen molar-refractivity contribution in [3.63, 3.8) is 0 Å². The maximum atomic E-state index is 13.6. The number of carbonyl (C=O) groups is 2. The Morgan fingerprint density at radius 2 is 1.71 bits per heavy atom. The lowest BCUT2D eigenvalue weighted by molar-refractivity contribution is -0.131. The summed E-state index contributed by atoms with van der Waals surface area (Å²) in [4.78, 5) is 26.4. The lowest BCUT2D eigenvalue weighted by Crippen LogP contribution is -2.34. The largest absolute Gasteiger partial charge is 0.372 e. The number of hydrazone groups is 1. The molecule has 0 spiro atoms. The highest BCUT2D eigenvalue weighted by Gasteiger charge is 2.22. The summed E-state index contributed by atoms with van der Waals surface area (Å²) >= 11 is 0. The molecule has 6 nitrogen and oxygen atoms in total. The quantitative estimate of drug-likeness (QED) is 0.416. The number of anilines is 2. The maximum absolute atomic E-state index is 13.6. The Balaban J connectivity index is 1.90. The van der Waals surface area contributed by atoms with Gasteiger partial charge in [-0.3, -0.25) is 9.59 Å². The molecule has 0 radical (unpaired) electrons. The second-order valence-corrected chi connectivity index (χ2v) is 6.19. The van der Waals surface area contributed by atoms with E-state index in [4.69, 9.17) is 0 Å². The van der Waals surface area contributed by atoms with Gasteiger partial charge in [-0.15, -0.1) is 0 Å². The first kappa shape index (κ1) is 21.1. The van der Waals surface area contributed by atoms with Gasteiger partial charge in [0.1, 0.15) is 11.7 Å². The molecule has 0 saturated heterocycles. The number of rotatable bonds is 8. The molecule has 0 heterocycles. The average Bonchev–Trinajstić information content (AvgIpc) is 2.71. The molecule has 1 atom stereocenters. The van der Waals surface area contributed by atoms with Crippen LogP contribution in [0.15, 0.2) is 53.6 Å². The predicted octanol–water partition coefficient (Wildman–Crippen LogP) is 3.40. The fraction of sp³-hybridized carbons (Fsp3) is 0.286. The van der Waals surface area contributed by atoms with Gasteiger partial charge in [-0.25, -0.2) is 9.82 Å². The zero-order chi connectivity index (χ0) is 20.5. The van der Waals surface area contributed by atoms with E-state index < -0.39 is 23.5 Å². The molecule has 28 heavy (non-hydrogen) atoms. The summed E-state index contributed by atoms with van der Waals surface area (Å²) < 4.78 is 13.6. The molecule has 1 unspecified atom stereocenters. The van der Waals surface area contributed by atoms with E-state index in [-0.39, 0.29) is 5.69 Å². The van der Waals surface area contributed by atoms with Crippen molar-refractivity contribution >= 4 is 29.4 Å². The summed E-state index contributed by atoms with van der Waals surface area (Å²) in [5.41, 5.74) is 4.30. The number of benzene rings is 2. The summed E-state index contributed by atoms with van der Waals surface area (Å²) in [5, 5.41) is 6.29. The highest BCUT2D eigenvalue weighted by atomic mass is 19.1. The Hall–Kier alpha value is -3.22. The number of nitrogens with zero attached hydrogens (tertiary/aromatic N) is 2. The van der Waals surface area contributed by atoms with Gasteiger partial charge in [-0.05, 0) is 50.6 Å². The molecular weight excluding hydrogens is 359 g/mol. The van der Waals surface area contributed by atoms with Crippen LogP contribution >= 0.6 is 0 Å². The van der Waals surface area contributed by atoms with E-state index in [1.807, 2.05) is 24.3 Å². The van der Waals surface area contributed by atoms with E-state index >= 15 is 0 Å². The Morgan fingerprint density at radius 1 is 1.07 bits per heavy atom. The van der Waals surface area contributed by atoms with Gasteiger partial charge >= 0.3 is 0 Å². The fourth-order valence-electron chi connectivity index (χ4n) is 2.55. The van der Waals surface area contributed by atoms with Crippen LogP contribution in [-0.2, 0) is 9.59 Å². The third kappa shape index (κ3) is 5.64. The third-order valence-corrected chi connectivity index (χ3v) is 4.33. The number of nitrogens with one attached hydrogen (secondary N) is 2. The van der Waals surface area contributed by atoms with Gasteiger partial charge in [0.2, 0.25) is 5.91 Å². The Morgan fingerprint density at radius 3 is 2.32 bits per heavy atom. The van der Waals surface area contributed by atoms with E-state index in [1.165, 1.54) is 31.3 Å². The highest BCUT2D eigenvalue weighted by molar-refractivity contribution is 6.06. The maximum Gasteiger partial charge on any atom is 0.252 e. The fourth-order valence-corrected chi connectivity index (χ4v) is 2.55. The van der Waals surface area contributed by atoms with Gasteiger partial charge in [0, 0.05) is 18.8 Å². The van der Waals surface area contributed by atoms with Gasteiger partial charge in [0.05, 0.1) is 11.9 Å². The van der Waals surface area contributed by atoms with E-state index in [9.17, 15) is 14.0 Å². The van der Waals surface area contributed by atoms with Gasteiger partial charge in [-0.2, -0.15) is 5.10 Å². The SMILES string of the molecule is CCN(CC)c1ccc(C=NNC(=O)C(C)C(=O)Nc2ccccc2F)cc1. The smallest absolute Gasteiger partial charge is 0.252 e. The number of hydrogen-bond donors (Lipinski definition) is 2. The van der Waals surface area contributed by atoms with Crippen molar-refractivity contribution in [2.75, 3.05) is 23.3 Å². The molecule has 2 aromatic carbocycles. The van der Waals surface area contributed by atoms with E-state index in [1.54, 1.807) is 6.07 Å². The molecule has 2 rings (SSSR count). The molecule has 0 fully saturated rings. The summed E-state index contributed by atoms with van der Waals surface area (Å²) in [6, 6.07) is 13.5. The zero-order valence-electron chi connectivity index (χ0n) is 16.3. The standard InChI is InChI=1S/C21H25FN4O2/c1-4-26(5-2)17-12-10-16(11-13-17)14-23-25-21(28)15(3)20(27)24-19-9-7-6-8-18(19)22/h6-15H,4-5H2,1-3H3,(H,24,27)(H,25,28). The van der Waals surface area contributed by atoms with Crippen LogP contribution in [0.3, 0.4) is 0 Å². The van der Waals surface area contributed by atoms with Gasteiger partial charge in [0.15, 0.2) is 0 Å². The van der Waals surface area contributed by atoms with Crippen LogP contribution in [0.2, 0.25) is 0 Å². The minimum absolute atomic E-state index is 0.0314. The van der Waals surface area contributed by atoms with Crippen LogP contribution in [0.5, 0.6) is 0 Å². The minimum atomic E-state index is -1.03. The van der Waals surface area contributed by atoms with Crippen LogP contribution in [0.25, 0.3) is 0 Å². The first-order valence-electron chi connectivity index (χ1n) is 9.19. The molecule has 0 aliphatic carbocycles. The second kappa shape index (κ2) is 10.2. The van der Waals surface area contributed by atoms with Crippen molar-refractivity contribution in [2.45, 2.75) is 20.8 Å². The Labute approximate surface area is 164 Å². The van der Waals surface area contributed by atoms with E-state index in [0.29, 0.717) is 0 Å². The number of halogens is 1. The summed E-state index contributed by atoms with van der Waals surface area (Å²) in [6.45, 7) is 7.47. The Kier molecular flexibility index (Phi) is 7.68. The monoisotopic (exact) mass is 384 g/mol. The predicted molar refractivity (Wildman–Crippen MR) is 110 cm³/mol. The van der Waals surface area contributed by atoms with Crippen molar-refractivity contribution < 1.29 is 14.0 Å². The topological polar surface area (TPSA) is 73.8 Å². The Bertz CT molecular complexity index is 833. The number of hydrogen-bond acceptors (Lipinski definition) is 4. The lowest BCUT2D eigenvalue weighted by atomic mass is 10.1. The first-order valence-corrected chi connectivity index (χ1v) is 9.19. The van der Waals surface area contributed by atoms with Crippen molar-refractivity contribution in [3.8, 4) is 0 Å². The van der Waals surface area contributed by atoms with Crippen molar-refractivity contribution in [2.24, 2.45) is 11.0 Å². The number of carbonyl (C=O) groups excluding carboxylic acids is 2. The zero-order valence-corrected chi connectivity index (χ0v) is 16.3.